The van der Waals surface area contributed by atoms with E-state index in [0.717, 1.165) is 36.8 Å². The van der Waals surface area contributed by atoms with Gasteiger partial charge in [-0.3, -0.25) is 14.8 Å². The van der Waals surface area contributed by atoms with E-state index in [2.05, 4.69) is 9.97 Å². The number of hydrogen-bond acceptors (Lipinski definition) is 4. The molecule has 0 fully saturated rings. The molecule has 2 aromatic rings. The zero-order chi connectivity index (χ0) is 15.9. The van der Waals surface area contributed by atoms with E-state index < -0.39 is 0 Å². The van der Waals surface area contributed by atoms with Gasteiger partial charge in [0.15, 0.2) is 0 Å². The molecule has 0 aliphatic heterocycles. The van der Waals surface area contributed by atoms with Gasteiger partial charge in [-0.25, -0.2) is 10.5 Å². The highest BCUT2D eigenvalue weighted by molar-refractivity contribution is 5.80. The summed E-state index contributed by atoms with van der Waals surface area (Å²) in [4.78, 5) is 30.3. The molecular formula is C16H21N3O3. The molecule has 0 bridgehead atoms. The van der Waals surface area contributed by atoms with E-state index in [9.17, 15) is 9.59 Å². The van der Waals surface area contributed by atoms with E-state index in [1.54, 1.807) is 5.48 Å². The molecule has 6 nitrogen and oxygen atoms in total. The number of fused-ring (bicyclic) bond motifs is 1. The summed E-state index contributed by atoms with van der Waals surface area (Å²) in [7, 11) is 0. The fourth-order valence-corrected chi connectivity index (χ4v) is 2.51. The molecule has 0 saturated heterocycles. The van der Waals surface area contributed by atoms with Crippen molar-refractivity contribution in [3.63, 3.8) is 0 Å². The molecule has 0 aliphatic carbocycles. The minimum atomic E-state index is -0.351. The molecule has 2 rings (SSSR count). The highest BCUT2D eigenvalue weighted by Gasteiger charge is 2.06. The first-order valence-electron chi connectivity index (χ1n) is 7.53. The number of aromatic nitrogens is 2. The average molecular weight is 303 g/mol. The number of hydroxylamine groups is 1. The molecule has 0 spiro atoms. The lowest BCUT2D eigenvalue weighted by Gasteiger charge is -2.05. The van der Waals surface area contributed by atoms with Crippen molar-refractivity contribution in [2.75, 3.05) is 0 Å². The van der Waals surface area contributed by atoms with Crippen LogP contribution >= 0.6 is 0 Å². The van der Waals surface area contributed by atoms with Crippen LogP contribution in [0.4, 0.5) is 0 Å². The van der Waals surface area contributed by atoms with Crippen molar-refractivity contribution in [2.45, 2.75) is 45.4 Å². The van der Waals surface area contributed by atoms with E-state index in [0.29, 0.717) is 24.1 Å². The van der Waals surface area contributed by atoms with Crippen molar-refractivity contribution in [1.82, 2.24) is 15.4 Å². The van der Waals surface area contributed by atoms with Crippen molar-refractivity contribution in [1.29, 1.82) is 0 Å². The minimum Gasteiger partial charge on any atom is -0.310 e. The predicted octanol–water partition coefficient (Wildman–Crippen LogP) is 2.23. The van der Waals surface area contributed by atoms with Gasteiger partial charge in [0.05, 0.1) is 10.9 Å². The van der Waals surface area contributed by atoms with Gasteiger partial charge in [-0.15, -0.1) is 0 Å². The minimum absolute atomic E-state index is 0.0854. The van der Waals surface area contributed by atoms with E-state index in [-0.39, 0.29) is 11.5 Å². The summed E-state index contributed by atoms with van der Waals surface area (Å²) in [6, 6.07) is 5.66. The number of carbonyl (C=O) groups excluding carboxylic acids is 1. The standard InChI is InChI=1S/C16H21N3O3/c1-11-7-6-8-12-15(11)16(21)18-13(17-12)9-4-2-3-5-10-14(20)19-22/h6-8,22H,2-5,9-10H2,1H3,(H,19,20)(H,17,18,21). The van der Waals surface area contributed by atoms with E-state index >= 15 is 0 Å². The van der Waals surface area contributed by atoms with Gasteiger partial charge in [0, 0.05) is 12.8 Å². The molecule has 0 aliphatic rings. The molecule has 1 heterocycles. The Morgan fingerprint density at radius 1 is 1.27 bits per heavy atom. The predicted molar refractivity (Wildman–Crippen MR) is 83.8 cm³/mol. The Kier molecular flexibility index (Phi) is 5.66. The normalized spacial score (nSPS) is 10.8. The largest absolute Gasteiger partial charge is 0.310 e. The average Bonchev–Trinajstić information content (AvgIpc) is 2.50. The maximum absolute atomic E-state index is 12.1. The van der Waals surface area contributed by atoms with Gasteiger partial charge >= 0.3 is 0 Å². The number of unbranched alkanes of at least 4 members (excludes halogenated alkanes) is 3. The van der Waals surface area contributed by atoms with E-state index in [1.165, 1.54) is 0 Å². The summed E-state index contributed by atoms with van der Waals surface area (Å²) in [5.74, 6) is 0.354. The SMILES string of the molecule is Cc1cccc2nc(CCCCCCC(=O)NO)[nH]c(=O)c12. The summed E-state index contributed by atoms with van der Waals surface area (Å²) in [5, 5.41) is 9.03. The van der Waals surface area contributed by atoms with Gasteiger partial charge in [-0.05, 0) is 31.4 Å². The monoisotopic (exact) mass is 303 g/mol. The van der Waals surface area contributed by atoms with E-state index in [4.69, 9.17) is 5.21 Å². The summed E-state index contributed by atoms with van der Waals surface area (Å²) < 4.78 is 0. The number of nitrogens with zero attached hydrogens (tertiary/aromatic N) is 1. The number of amides is 1. The molecule has 118 valence electrons. The van der Waals surface area contributed by atoms with Crippen LogP contribution < -0.4 is 11.0 Å². The van der Waals surface area contributed by atoms with Crippen molar-refractivity contribution in [3.05, 3.63) is 39.9 Å². The fraction of sp³-hybridized carbons (Fsp3) is 0.438. The summed E-state index contributed by atoms with van der Waals surface area (Å²) in [6.07, 6.45) is 4.55. The molecule has 6 heteroatoms. The Morgan fingerprint density at radius 2 is 2.05 bits per heavy atom. The highest BCUT2D eigenvalue weighted by atomic mass is 16.5. The van der Waals surface area contributed by atoms with Crippen LogP contribution in [0.2, 0.25) is 0 Å². The Labute approximate surface area is 128 Å². The van der Waals surface area contributed by atoms with Crippen LogP contribution in [0.5, 0.6) is 0 Å². The van der Waals surface area contributed by atoms with Gasteiger partial charge in [0.1, 0.15) is 5.82 Å². The maximum atomic E-state index is 12.1. The van der Waals surface area contributed by atoms with Crippen LogP contribution in [-0.4, -0.2) is 21.1 Å². The lowest BCUT2D eigenvalue weighted by Crippen LogP contribution is -2.17. The Hall–Kier alpha value is -2.21. The van der Waals surface area contributed by atoms with Crippen molar-refractivity contribution in [2.24, 2.45) is 0 Å². The Morgan fingerprint density at radius 3 is 2.82 bits per heavy atom. The lowest BCUT2D eigenvalue weighted by molar-refractivity contribution is -0.129. The van der Waals surface area contributed by atoms with Crippen LogP contribution in [-0.2, 0) is 11.2 Å². The van der Waals surface area contributed by atoms with Crippen LogP contribution in [0.25, 0.3) is 10.9 Å². The molecule has 0 radical (unpaired) electrons. The highest BCUT2D eigenvalue weighted by Crippen LogP contribution is 2.13. The smallest absolute Gasteiger partial charge is 0.259 e. The summed E-state index contributed by atoms with van der Waals surface area (Å²) in [5.41, 5.74) is 3.20. The molecule has 1 aromatic carbocycles. The third-order valence-corrected chi connectivity index (χ3v) is 3.68. The van der Waals surface area contributed by atoms with E-state index in [1.807, 2.05) is 25.1 Å². The maximum Gasteiger partial charge on any atom is 0.259 e. The number of aromatic amines is 1. The summed E-state index contributed by atoms with van der Waals surface area (Å²) >= 11 is 0. The van der Waals surface area contributed by atoms with Crippen LogP contribution in [0.15, 0.2) is 23.0 Å². The number of nitrogens with one attached hydrogen (secondary N) is 2. The molecule has 1 aromatic heterocycles. The molecule has 0 saturated carbocycles. The molecule has 22 heavy (non-hydrogen) atoms. The third kappa shape index (κ3) is 4.14. The second-order valence-electron chi connectivity index (χ2n) is 5.43. The zero-order valence-corrected chi connectivity index (χ0v) is 12.7. The molecule has 3 N–H and O–H groups in total. The van der Waals surface area contributed by atoms with Gasteiger partial charge in [-0.2, -0.15) is 0 Å². The molecule has 0 atom stereocenters. The fourth-order valence-electron chi connectivity index (χ4n) is 2.51. The number of aryl methyl sites for hydroxylation is 2. The van der Waals surface area contributed by atoms with Crippen LogP contribution in [0, 0.1) is 6.92 Å². The first kappa shape index (κ1) is 16.2. The third-order valence-electron chi connectivity index (χ3n) is 3.68. The number of H-pyrrole nitrogens is 1. The Bertz CT molecular complexity index is 709. The second-order valence-corrected chi connectivity index (χ2v) is 5.43. The number of hydrogen-bond donors (Lipinski definition) is 3. The van der Waals surface area contributed by atoms with Gasteiger partial charge in [0.25, 0.3) is 5.56 Å². The topological polar surface area (TPSA) is 95.1 Å². The molecular weight excluding hydrogens is 282 g/mol. The van der Waals surface area contributed by atoms with Crippen LogP contribution in [0.1, 0.15) is 43.5 Å². The van der Waals surface area contributed by atoms with Gasteiger partial charge in [0.2, 0.25) is 5.91 Å². The quantitative estimate of drug-likeness (QED) is 0.415. The van der Waals surface area contributed by atoms with Crippen molar-refractivity contribution in [3.8, 4) is 0 Å². The molecule has 0 unspecified atom stereocenters. The zero-order valence-electron chi connectivity index (χ0n) is 12.7. The second kappa shape index (κ2) is 7.70. The van der Waals surface area contributed by atoms with Crippen molar-refractivity contribution < 1.29 is 10.0 Å². The lowest BCUT2D eigenvalue weighted by atomic mass is 10.1. The first-order chi connectivity index (χ1) is 10.6. The number of carbonyl (C=O) groups is 1. The molecule has 1 amide bonds. The van der Waals surface area contributed by atoms with Gasteiger partial charge in [-0.1, -0.05) is 25.0 Å². The number of rotatable bonds is 7. The summed E-state index contributed by atoms with van der Waals surface area (Å²) in [6.45, 7) is 1.90. The van der Waals surface area contributed by atoms with Gasteiger partial charge < -0.3 is 4.98 Å². The van der Waals surface area contributed by atoms with Crippen molar-refractivity contribution >= 4 is 16.8 Å². The Balaban J connectivity index is 1.88. The number of benzene rings is 1. The van der Waals surface area contributed by atoms with Crippen LogP contribution in [0.3, 0.4) is 0 Å². The first-order valence-corrected chi connectivity index (χ1v) is 7.53.